The van der Waals surface area contributed by atoms with E-state index in [4.69, 9.17) is 0 Å². The molecule has 6 heteroatoms. The maximum absolute atomic E-state index is 12.1. The van der Waals surface area contributed by atoms with E-state index < -0.39 is 0 Å². The van der Waals surface area contributed by atoms with Gasteiger partial charge in [0.1, 0.15) is 11.5 Å². The normalized spacial score (nSPS) is 10.2. The summed E-state index contributed by atoms with van der Waals surface area (Å²) in [7, 11) is 0. The van der Waals surface area contributed by atoms with Crippen molar-refractivity contribution in [3.05, 3.63) is 47.7 Å². The van der Waals surface area contributed by atoms with E-state index in [2.05, 4.69) is 32.5 Å². The molecule has 0 aliphatic heterocycles. The number of hydrogen-bond acceptors (Lipinski definition) is 5. The number of anilines is 1. The van der Waals surface area contributed by atoms with Crippen LogP contribution in [-0.4, -0.2) is 27.4 Å². The number of nitrogens with zero attached hydrogens (tertiary/aromatic N) is 3. The van der Waals surface area contributed by atoms with E-state index >= 15 is 0 Å². The van der Waals surface area contributed by atoms with E-state index in [1.165, 1.54) is 0 Å². The van der Waals surface area contributed by atoms with E-state index in [1.807, 2.05) is 19.1 Å². The van der Waals surface area contributed by atoms with Crippen molar-refractivity contribution < 1.29 is 4.79 Å². The van der Waals surface area contributed by atoms with Crippen molar-refractivity contribution >= 4 is 11.7 Å². The Morgan fingerprint density at radius 3 is 2.81 bits per heavy atom. The van der Waals surface area contributed by atoms with Gasteiger partial charge in [-0.3, -0.25) is 14.8 Å². The predicted molar refractivity (Wildman–Crippen MR) is 81.0 cm³/mol. The average Bonchev–Trinajstić information content (AvgIpc) is 2.52. The topological polar surface area (TPSA) is 79.8 Å². The predicted octanol–water partition coefficient (Wildman–Crippen LogP) is 1.93. The zero-order valence-electron chi connectivity index (χ0n) is 12.3. The van der Waals surface area contributed by atoms with Crippen molar-refractivity contribution in [2.75, 3.05) is 11.9 Å². The fourth-order valence-corrected chi connectivity index (χ4v) is 1.68. The second kappa shape index (κ2) is 7.33. The van der Waals surface area contributed by atoms with Crippen LogP contribution in [-0.2, 0) is 6.54 Å². The molecule has 0 aromatic carbocycles. The van der Waals surface area contributed by atoms with Crippen LogP contribution in [0.15, 0.2) is 30.6 Å². The molecule has 2 aromatic rings. The van der Waals surface area contributed by atoms with E-state index in [0.29, 0.717) is 23.8 Å². The summed E-state index contributed by atoms with van der Waals surface area (Å²) >= 11 is 0. The molecule has 0 unspecified atom stereocenters. The highest BCUT2D eigenvalue weighted by atomic mass is 16.1. The van der Waals surface area contributed by atoms with Crippen LogP contribution in [0.3, 0.4) is 0 Å². The number of hydrogen-bond donors (Lipinski definition) is 2. The zero-order chi connectivity index (χ0) is 15.1. The van der Waals surface area contributed by atoms with Crippen LogP contribution in [0.2, 0.25) is 0 Å². The molecular weight excluding hydrogens is 266 g/mol. The lowest BCUT2D eigenvalue weighted by atomic mass is 10.3. The summed E-state index contributed by atoms with van der Waals surface area (Å²) in [5, 5.41) is 5.94. The van der Waals surface area contributed by atoms with Gasteiger partial charge in [-0.2, -0.15) is 0 Å². The Morgan fingerprint density at radius 2 is 2.10 bits per heavy atom. The standard InChI is InChI=1S/C15H19N5O/c1-3-7-16-14-6-4-5-13(20-14)15(21)19-10-12-9-17-11(2)8-18-12/h4-6,8-9H,3,7,10H2,1-2H3,(H,16,20)(H,19,21). The maximum Gasteiger partial charge on any atom is 0.270 e. The Morgan fingerprint density at radius 1 is 1.24 bits per heavy atom. The van der Waals surface area contributed by atoms with Crippen LogP contribution in [0, 0.1) is 6.92 Å². The highest BCUT2D eigenvalue weighted by Gasteiger charge is 2.08. The number of pyridine rings is 1. The first-order chi connectivity index (χ1) is 10.2. The first-order valence-electron chi connectivity index (χ1n) is 6.95. The lowest BCUT2D eigenvalue weighted by Gasteiger charge is -2.07. The van der Waals surface area contributed by atoms with Crippen molar-refractivity contribution in [2.24, 2.45) is 0 Å². The van der Waals surface area contributed by atoms with Crippen LogP contribution in [0.4, 0.5) is 5.82 Å². The van der Waals surface area contributed by atoms with Gasteiger partial charge < -0.3 is 10.6 Å². The summed E-state index contributed by atoms with van der Waals surface area (Å²) in [5.74, 6) is 0.483. The SMILES string of the molecule is CCCNc1cccc(C(=O)NCc2cnc(C)cn2)n1. The molecule has 1 amide bonds. The summed E-state index contributed by atoms with van der Waals surface area (Å²) in [4.78, 5) is 24.7. The van der Waals surface area contributed by atoms with Crippen molar-refractivity contribution in [3.8, 4) is 0 Å². The Balaban J connectivity index is 1.95. The maximum atomic E-state index is 12.1. The molecule has 0 aliphatic rings. The Kier molecular flexibility index (Phi) is 5.20. The number of aryl methyl sites for hydroxylation is 1. The molecule has 0 fully saturated rings. The molecule has 2 N–H and O–H groups in total. The molecule has 6 nitrogen and oxygen atoms in total. The number of carbonyl (C=O) groups is 1. The third-order valence-corrected chi connectivity index (χ3v) is 2.80. The van der Waals surface area contributed by atoms with Crippen LogP contribution >= 0.6 is 0 Å². The largest absolute Gasteiger partial charge is 0.370 e. The number of carbonyl (C=O) groups excluding carboxylic acids is 1. The first kappa shape index (κ1) is 14.9. The lowest BCUT2D eigenvalue weighted by molar-refractivity contribution is 0.0945. The monoisotopic (exact) mass is 285 g/mol. The molecule has 21 heavy (non-hydrogen) atoms. The number of nitrogens with one attached hydrogen (secondary N) is 2. The first-order valence-corrected chi connectivity index (χ1v) is 6.95. The minimum atomic E-state index is -0.225. The average molecular weight is 285 g/mol. The molecule has 0 radical (unpaired) electrons. The smallest absolute Gasteiger partial charge is 0.270 e. The zero-order valence-corrected chi connectivity index (χ0v) is 12.3. The van der Waals surface area contributed by atoms with Crippen LogP contribution < -0.4 is 10.6 Å². The van der Waals surface area contributed by atoms with Crippen molar-refractivity contribution in [1.29, 1.82) is 0 Å². The third-order valence-electron chi connectivity index (χ3n) is 2.80. The fraction of sp³-hybridized carbons (Fsp3) is 0.333. The summed E-state index contributed by atoms with van der Waals surface area (Å²) in [6.07, 6.45) is 4.33. The van der Waals surface area contributed by atoms with Gasteiger partial charge in [0.15, 0.2) is 0 Å². The molecule has 110 valence electrons. The minimum Gasteiger partial charge on any atom is -0.370 e. The molecule has 0 saturated heterocycles. The summed E-state index contributed by atoms with van der Waals surface area (Å²) in [6, 6.07) is 5.34. The molecular formula is C15H19N5O. The Bertz CT molecular complexity index is 597. The molecule has 0 saturated carbocycles. The number of aromatic nitrogens is 3. The molecule has 0 aliphatic carbocycles. The quantitative estimate of drug-likeness (QED) is 0.847. The Hall–Kier alpha value is -2.50. The van der Waals surface area contributed by atoms with Crippen molar-refractivity contribution in [1.82, 2.24) is 20.3 Å². The molecule has 2 rings (SSSR count). The van der Waals surface area contributed by atoms with Gasteiger partial charge in [0.2, 0.25) is 0 Å². The lowest BCUT2D eigenvalue weighted by Crippen LogP contribution is -2.24. The molecule has 0 spiro atoms. The van der Waals surface area contributed by atoms with Gasteiger partial charge in [0.25, 0.3) is 5.91 Å². The third kappa shape index (κ3) is 4.52. The van der Waals surface area contributed by atoms with Gasteiger partial charge in [-0.05, 0) is 25.5 Å². The fourth-order valence-electron chi connectivity index (χ4n) is 1.68. The van der Waals surface area contributed by atoms with Gasteiger partial charge in [0, 0.05) is 12.7 Å². The summed E-state index contributed by atoms with van der Waals surface area (Å²) < 4.78 is 0. The second-order valence-corrected chi connectivity index (χ2v) is 4.67. The second-order valence-electron chi connectivity index (χ2n) is 4.67. The number of amides is 1. The minimum absolute atomic E-state index is 0.225. The molecule has 0 atom stereocenters. The van der Waals surface area contributed by atoms with Gasteiger partial charge >= 0.3 is 0 Å². The molecule has 2 aromatic heterocycles. The molecule has 0 bridgehead atoms. The van der Waals surface area contributed by atoms with Crippen LogP contribution in [0.1, 0.15) is 35.2 Å². The van der Waals surface area contributed by atoms with Gasteiger partial charge in [0.05, 0.1) is 24.1 Å². The summed E-state index contributed by atoms with van der Waals surface area (Å²) in [5.41, 5.74) is 1.95. The van der Waals surface area contributed by atoms with Crippen LogP contribution in [0.5, 0.6) is 0 Å². The Labute approximate surface area is 124 Å². The number of rotatable bonds is 6. The highest BCUT2D eigenvalue weighted by Crippen LogP contribution is 2.05. The van der Waals surface area contributed by atoms with E-state index in [1.54, 1.807) is 18.5 Å². The van der Waals surface area contributed by atoms with E-state index in [9.17, 15) is 4.79 Å². The summed E-state index contributed by atoms with van der Waals surface area (Å²) in [6.45, 7) is 5.11. The van der Waals surface area contributed by atoms with Crippen molar-refractivity contribution in [3.63, 3.8) is 0 Å². The molecule has 2 heterocycles. The van der Waals surface area contributed by atoms with Gasteiger partial charge in [-0.1, -0.05) is 13.0 Å². The van der Waals surface area contributed by atoms with Gasteiger partial charge in [-0.15, -0.1) is 0 Å². The van der Waals surface area contributed by atoms with Crippen molar-refractivity contribution in [2.45, 2.75) is 26.8 Å². The van der Waals surface area contributed by atoms with Gasteiger partial charge in [-0.25, -0.2) is 4.98 Å². The van der Waals surface area contributed by atoms with Crippen LogP contribution in [0.25, 0.3) is 0 Å². The van der Waals surface area contributed by atoms with E-state index in [-0.39, 0.29) is 5.91 Å². The van der Waals surface area contributed by atoms with E-state index in [0.717, 1.165) is 18.7 Å². The highest BCUT2D eigenvalue weighted by molar-refractivity contribution is 5.92.